The van der Waals surface area contributed by atoms with Gasteiger partial charge < -0.3 is 5.73 Å². The molecule has 0 bridgehead atoms. The Morgan fingerprint density at radius 3 is 2.86 bits per heavy atom. The number of aromatic amines is 1. The minimum absolute atomic E-state index is 0.313. The molecule has 1 heterocycles. The van der Waals surface area contributed by atoms with Crippen molar-refractivity contribution < 1.29 is 0 Å². The molecule has 0 saturated carbocycles. The Hall–Kier alpha value is -1.75. The lowest BCUT2D eigenvalue weighted by Crippen LogP contribution is -2.14. The van der Waals surface area contributed by atoms with Crippen LogP contribution in [-0.2, 0) is 0 Å². The maximum absolute atomic E-state index is 11.2. The van der Waals surface area contributed by atoms with Gasteiger partial charge in [-0.2, -0.15) is 5.10 Å². The number of rotatable bonds is 1. The van der Waals surface area contributed by atoms with Crippen molar-refractivity contribution in [3.8, 4) is 5.69 Å². The molecular formula is C8H7ClN4O. The zero-order valence-corrected chi connectivity index (χ0v) is 7.82. The first kappa shape index (κ1) is 8.83. The van der Waals surface area contributed by atoms with Crippen molar-refractivity contribution in [1.29, 1.82) is 0 Å². The van der Waals surface area contributed by atoms with Crippen LogP contribution in [0.2, 0.25) is 5.02 Å². The number of anilines is 1. The highest BCUT2D eigenvalue weighted by Gasteiger charge is 2.02. The van der Waals surface area contributed by atoms with Gasteiger partial charge in [-0.15, -0.1) is 0 Å². The van der Waals surface area contributed by atoms with E-state index in [4.69, 9.17) is 17.3 Å². The van der Waals surface area contributed by atoms with Crippen LogP contribution in [0.4, 0.5) is 5.69 Å². The SMILES string of the molecule is Nc1cc(-n2cn[nH]c2=O)ccc1Cl. The molecule has 0 radical (unpaired) electrons. The number of aromatic nitrogens is 3. The second-order valence-corrected chi connectivity index (χ2v) is 3.14. The third-order valence-corrected chi connectivity index (χ3v) is 2.15. The van der Waals surface area contributed by atoms with Crippen LogP contribution < -0.4 is 11.4 Å². The van der Waals surface area contributed by atoms with E-state index in [1.807, 2.05) is 0 Å². The lowest BCUT2D eigenvalue weighted by Gasteiger charge is -2.02. The summed E-state index contributed by atoms with van der Waals surface area (Å²) in [4.78, 5) is 11.2. The maximum atomic E-state index is 11.2. The lowest BCUT2D eigenvalue weighted by molar-refractivity contribution is 0.983. The van der Waals surface area contributed by atoms with Gasteiger partial charge in [0.2, 0.25) is 0 Å². The molecular weight excluding hydrogens is 204 g/mol. The van der Waals surface area contributed by atoms with E-state index in [0.29, 0.717) is 16.4 Å². The van der Waals surface area contributed by atoms with Crippen LogP contribution in [-0.4, -0.2) is 14.8 Å². The Balaban J connectivity index is 2.59. The molecule has 1 aromatic carbocycles. The fourth-order valence-electron chi connectivity index (χ4n) is 1.11. The van der Waals surface area contributed by atoms with Crippen LogP contribution in [0.3, 0.4) is 0 Å². The van der Waals surface area contributed by atoms with Crippen LogP contribution >= 0.6 is 11.6 Å². The van der Waals surface area contributed by atoms with Gasteiger partial charge in [-0.25, -0.2) is 14.5 Å². The number of nitrogens with two attached hydrogens (primary N) is 1. The fraction of sp³-hybridized carbons (Fsp3) is 0. The van der Waals surface area contributed by atoms with Crippen LogP contribution in [0.1, 0.15) is 0 Å². The summed E-state index contributed by atoms with van der Waals surface area (Å²) in [5.41, 5.74) is 6.34. The molecule has 0 aliphatic rings. The van der Waals surface area contributed by atoms with Crippen LogP contribution in [0.5, 0.6) is 0 Å². The lowest BCUT2D eigenvalue weighted by atomic mass is 10.3. The molecule has 2 rings (SSSR count). The molecule has 0 atom stereocenters. The van der Waals surface area contributed by atoms with E-state index in [0.717, 1.165) is 0 Å². The molecule has 0 unspecified atom stereocenters. The molecule has 1 aromatic heterocycles. The smallest absolute Gasteiger partial charge is 0.347 e. The molecule has 0 saturated heterocycles. The molecule has 5 nitrogen and oxygen atoms in total. The monoisotopic (exact) mass is 210 g/mol. The standard InChI is InChI=1S/C8H7ClN4O/c9-6-2-1-5(3-7(6)10)13-4-11-12-8(13)14/h1-4H,10H2,(H,12,14). The summed E-state index contributed by atoms with van der Waals surface area (Å²) in [6.45, 7) is 0. The highest BCUT2D eigenvalue weighted by Crippen LogP contribution is 2.20. The van der Waals surface area contributed by atoms with E-state index >= 15 is 0 Å². The second kappa shape index (κ2) is 3.19. The van der Waals surface area contributed by atoms with Crippen LogP contribution in [0.15, 0.2) is 29.3 Å². The predicted molar refractivity (Wildman–Crippen MR) is 53.6 cm³/mol. The van der Waals surface area contributed by atoms with Gasteiger partial charge in [-0.05, 0) is 18.2 Å². The highest BCUT2D eigenvalue weighted by atomic mass is 35.5. The van der Waals surface area contributed by atoms with Crippen molar-refractivity contribution in [2.75, 3.05) is 5.73 Å². The fourth-order valence-corrected chi connectivity index (χ4v) is 1.23. The Morgan fingerprint density at radius 1 is 1.50 bits per heavy atom. The number of nitrogen functional groups attached to an aromatic ring is 1. The van der Waals surface area contributed by atoms with Gasteiger partial charge in [-0.3, -0.25) is 0 Å². The maximum Gasteiger partial charge on any atom is 0.347 e. The van der Waals surface area contributed by atoms with Crippen molar-refractivity contribution in [1.82, 2.24) is 14.8 Å². The van der Waals surface area contributed by atoms with Crippen molar-refractivity contribution in [2.45, 2.75) is 0 Å². The first-order valence-corrected chi connectivity index (χ1v) is 4.23. The molecule has 0 fully saturated rings. The third kappa shape index (κ3) is 1.38. The molecule has 6 heteroatoms. The Bertz CT molecular complexity index is 516. The van der Waals surface area contributed by atoms with Gasteiger partial charge in [-0.1, -0.05) is 11.6 Å². The topological polar surface area (TPSA) is 76.7 Å². The summed E-state index contributed by atoms with van der Waals surface area (Å²) in [5.74, 6) is 0. The van der Waals surface area contributed by atoms with E-state index in [1.54, 1.807) is 18.2 Å². The van der Waals surface area contributed by atoms with Crippen LogP contribution in [0.25, 0.3) is 5.69 Å². The molecule has 3 N–H and O–H groups in total. The minimum atomic E-state index is -0.313. The highest BCUT2D eigenvalue weighted by molar-refractivity contribution is 6.33. The zero-order chi connectivity index (χ0) is 10.1. The van der Waals surface area contributed by atoms with Crippen LogP contribution in [0, 0.1) is 0 Å². The molecule has 0 spiro atoms. The number of benzene rings is 1. The van der Waals surface area contributed by atoms with E-state index in [2.05, 4.69) is 10.2 Å². The molecule has 72 valence electrons. The molecule has 0 aliphatic heterocycles. The van der Waals surface area contributed by atoms with Gasteiger partial charge in [0.1, 0.15) is 6.33 Å². The first-order chi connectivity index (χ1) is 6.68. The number of hydrogen-bond acceptors (Lipinski definition) is 3. The summed E-state index contributed by atoms with van der Waals surface area (Å²) in [6.07, 6.45) is 1.38. The predicted octanol–water partition coefficient (Wildman–Crippen LogP) is 0.796. The van der Waals surface area contributed by atoms with Gasteiger partial charge in [0.25, 0.3) is 0 Å². The van der Waals surface area contributed by atoms with Gasteiger partial charge in [0, 0.05) is 0 Å². The quantitative estimate of drug-likeness (QED) is 0.684. The largest absolute Gasteiger partial charge is 0.397 e. The third-order valence-electron chi connectivity index (χ3n) is 1.81. The van der Waals surface area contributed by atoms with Crippen molar-refractivity contribution in [3.63, 3.8) is 0 Å². The molecule has 2 aromatic rings. The van der Waals surface area contributed by atoms with E-state index in [9.17, 15) is 4.79 Å². The van der Waals surface area contributed by atoms with Gasteiger partial charge >= 0.3 is 5.69 Å². The molecule has 0 aliphatic carbocycles. The Labute approximate surface area is 84.1 Å². The summed E-state index contributed by atoms with van der Waals surface area (Å²) >= 11 is 5.75. The van der Waals surface area contributed by atoms with E-state index in [-0.39, 0.29) is 5.69 Å². The van der Waals surface area contributed by atoms with Crippen molar-refractivity contribution in [3.05, 3.63) is 40.0 Å². The summed E-state index contributed by atoms with van der Waals surface area (Å²) in [7, 11) is 0. The van der Waals surface area contributed by atoms with Crippen molar-refractivity contribution in [2.24, 2.45) is 0 Å². The number of nitrogens with one attached hydrogen (secondary N) is 1. The average Bonchev–Trinajstić information content (AvgIpc) is 2.57. The zero-order valence-electron chi connectivity index (χ0n) is 7.07. The van der Waals surface area contributed by atoms with E-state index in [1.165, 1.54) is 10.9 Å². The number of nitrogens with zero attached hydrogens (tertiary/aromatic N) is 2. The van der Waals surface area contributed by atoms with E-state index < -0.39 is 0 Å². The summed E-state index contributed by atoms with van der Waals surface area (Å²) < 4.78 is 1.34. The Morgan fingerprint density at radius 2 is 2.29 bits per heavy atom. The second-order valence-electron chi connectivity index (χ2n) is 2.74. The van der Waals surface area contributed by atoms with Crippen molar-refractivity contribution >= 4 is 17.3 Å². The Kier molecular flexibility index (Phi) is 2.01. The number of H-pyrrole nitrogens is 1. The minimum Gasteiger partial charge on any atom is -0.397 e. The summed E-state index contributed by atoms with van der Waals surface area (Å²) in [6, 6.07) is 4.93. The molecule has 14 heavy (non-hydrogen) atoms. The summed E-state index contributed by atoms with van der Waals surface area (Å²) in [5, 5.41) is 6.35. The normalized spacial score (nSPS) is 10.4. The van der Waals surface area contributed by atoms with Gasteiger partial charge in [0.05, 0.1) is 16.4 Å². The number of halogens is 1. The number of hydrogen-bond donors (Lipinski definition) is 2. The first-order valence-electron chi connectivity index (χ1n) is 3.86. The molecule has 0 amide bonds. The average molecular weight is 211 g/mol. The van der Waals surface area contributed by atoms with Gasteiger partial charge in [0.15, 0.2) is 0 Å².